The third-order valence-corrected chi connectivity index (χ3v) is 4.61. The Morgan fingerprint density at radius 1 is 0.615 bits per heavy atom. The van der Waals surface area contributed by atoms with Crippen LogP contribution in [0.3, 0.4) is 0 Å². The van der Waals surface area contributed by atoms with E-state index in [-0.39, 0.29) is 5.28 Å². The fraction of sp³-hybridized carbons (Fsp3) is 0. The SMILES string of the molecule is Clc1nc(-c2ccccc2)cc(-c2ccc3oc4ccccc4c3c2)n1. The van der Waals surface area contributed by atoms with Crippen molar-refractivity contribution in [1.82, 2.24) is 9.97 Å². The molecule has 0 aliphatic heterocycles. The monoisotopic (exact) mass is 356 g/mol. The molecule has 3 nitrogen and oxygen atoms in total. The Balaban J connectivity index is 1.70. The van der Waals surface area contributed by atoms with Crippen molar-refractivity contribution in [1.29, 1.82) is 0 Å². The lowest BCUT2D eigenvalue weighted by Gasteiger charge is -2.06. The first kappa shape index (κ1) is 15.1. The maximum Gasteiger partial charge on any atom is 0.223 e. The summed E-state index contributed by atoms with van der Waals surface area (Å²) >= 11 is 6.20. The van der Waals surface area contributed by atoms with Crippen molar-refractivity contribution in [3.05, 3.63) is 84.1 Å². The molecule has 26 heavy (non-hydrogen) atoms. The van der Waals surface area contributed by atoms with Crippen molar-refractivity contribution in [2.24, 2.45) is 0 Å². The van der Waals surface area contributed by atoms with Crippen LogP contribution < -0.4 is 0 Å². The molecule has 4 heteroatoms. The van der Waals surface area contributed by atoms with Crippen LogP contribution >= 0.6 is 11.6 Å². The van der Waals surface area contributed by atoms with Gasteiger partial charge in [-0.25, -0.2) is 9.97 Å². The summed E-state index contributed by atoms with van der Waals surface area (Å²) in [4.78, 5) is 8.79. The van der Waals surface area contributed by atoms with Gasteiger partial charge in [-0.3, -0.25) is 0 Å². The second kappa shape index (κ2) is 5.97. The topological polar surface area (TPSA) is 38.9 Å². The number of hydrogen-bond donors (Lipinski definition) is 0. The van der Waals surface area contributed by atoms with E-state index in [1.165, 1.54) is 0 Å². The smallest absolute Gasteiger partial charge is 0.223 e. The third-order valence-electron chi connectivity index (χ3n) is 4.44. The number of aromatic nitrogens is 2. The molecule has 0 amide bonds. The number of fused-ring (bicyclic) bond motifs is 3. The number of halogens is 1. The Morgan fingerprint density at radius 3 is 2.15 bits per heavy atom. The zero-order valence-corrected chi connectivity index (χ0v) is 14.4. The molecule has 0 bridgehead atoms. The van der Waals surface area contributed by atoms with Gasteiger partial charge in [0.15, 0.2) is 0 Å². The van der Waals surface area contributed by atoms with Gasteiger partial charge in [-0.1, -0.05) is 48.5 Å². The highest BCUT2D eigenvalue weighted by molar-refractivity contribution is 6.28. The normalized spacial score (nSPS) is 11.3. The molecule has 2 heterocycles. The van der Waals surface area contributed by atoms with Crippen LogP contribution in [0.4, 0.5) is 0 Å². The van der Waals surface area contributed by atoms with E-state index in [0.29, 0.717) is 0 Å². The van der Waals surface area contributed by atoms with Crippen molar-refractivity contribution >= 4 is 33.5 Å². The molecule has 0 spiro atoms. The zero-order chi connectivity index (χ0) is 17.5. The second-order valence-electron chi connectivity index (χ2n) is 6.08. The Hall–Kier alpha value is -3.17. The van der Waals surface area contributed by atoms with E-state index in [0.717, 1.165) is 44.5 Å². The highest BCUT2D eigenvalue weighted by Gasteiger charge is 2.11. The van der Waals surface area contributed by atoms with E-state index in [2.05, 4.69) is 22.1 Å². The number of para-hydroxylation sites is 1. The van der Waals surface area contributed by atoms with Gasteiger partial charge >= 0.3 is 0 Å². The predicted molar refractivity (Wildman–Crippen MR) is 105 cm³/mol. The van der Waals surface area contributed by atoms with Crippen LogP contribution in [0.2, 0.25) is 5.28 Å². The van der Waals surface area contributed by atoms with Gasteiger partial charge in [0, 0.05) is 21.9 Å². The summed E-state index contributed by atoms with van der Waals surface area (Å²) in [6.07, 6.45) is 0. The molecule has 0 aliphatic rings. The van der Waals surface area contributed by atoms with Gasteiger partial charge < -0.3 is 4.42 Å². The van der Waals surface area contributed by atoms with E-state index in [1.807, 2.05) is 66.7 Å². The molecule has 0 atom stereocenters. The first-order valence-corrected chi connectivity index (χ1v) is 8.67. The molecule has 0 N–H and O–H groups in total. The summed E-state index contributed by atoms with van der Waals surface area (Å²) in [5.74, 6) is 0. The Bertz CT molecular complexity index is 1250. The molecule has 0 fully saturated rings. The van der Waals surface area contributed by atoms with E-state index >= 15 is 0 Å². The van der Waals surface area contributed by atoms with Crippen molar-refractivity contribution in [3.63, 3.8) is 0 Å². The molecule has 0 aliphatic carbocycles. The maximum absolute atomic E-state index is 6.20. The fourth-order valence-corrected chi connectivity index (χ4v) is 3.39. The summed E-state index contributed by atoms with van der Waals surface area (Å²) < 4.78 is 5.90. The van der Waals surface area contributed by atoms with E-state index in [1.54, 1.807) is 0 Å². The molecular weight excluding hydrogens is 344 g/mol. The van der Waals surface area contributed by atoms with Gasteiger partial charge in [0.2, 0.25) is 5.28 Å². The molecule has 124 valence electrons. The first-order valence-electron chi connectivity index (χ1n) is 8.30. The molecular formula is C22H13ClN2O. The number of furan rings is 1. The van der Waals surface area contributed by atoms with Gasteiger partial charge in [0.05, 0.1) is 11.4 Å². The summed E-state index contributed by atoms with van der Waals surface area (Å²) in [5.41, 5.74) is 5.32. The van der Waals surface area contributed by atoms with Crippen LogP contribution in [-0.4, -0.2) is 9.97 Å². The van der Waals surface area contributed by atoms with Crippen LogP contribution in [0, 0.1) is 0 Å². The van der Waals surface area contributed by atoms with Crippen LogP contribution in [0.1, 0.15) is 0 Å². The fourth-order valence-electron chi connectivity index (χ4n) is 3.21. The average molecular weight is 357 g/mol. The molecule has 0 saturated heterocycles. The van der Waals surface area contributed by atoms with Crippen LogP contribution in [0.15, 0.2) is 83.3 Å². The van der Waals surface area contributed by atoms with E-state index < -0.39 is 0 Å². The Labute approximate surface area is 154 Å². The van der Waals surface area contributed by atoms with Crippen LogP contribution in [0.5, 0.6) is 0 Å². The van der Waals surface area contributed by atoms with Gasteiger partial charge in [0.1, 0.15) is 11.2 Å². The summed E-state index contributed by atoms with van der Waals surface area (Å²) in [5, 5.41) is 2.39. The standard InChI is InChI=1S/C22H13ClN2O/c23-22-24-18(14-6-2-1-3-7-14)13-19(25-22)15-10-11-21-17(12-15)16-8-4-5-9-20(16)26-21/h1-13H. The molecule has 5 rings (SSSR count). The second-order valence-corrected chi connectivity index (χ2v) is 6.42. The highest BCUT2D eigenvalue weighted by atomic mass is 35.5. The van der Waals surface area contributed by atoms with Gasteiger partial charge in [0.25, 0.3) is 0 Å². The maximum atomic E-state index is 6.20. The number of rotatable bonds is 2. The minimum Gasteiger partial charge on any atom is -0.456 e. The lowest BCUT2D eigenvalue weighted by molar-refractivity contribution is 0.669. The molecule has 0 saturated carbocycles. The Morgan fingerprint density at radius 2 is 1.31 bits per heavy atom. The summed E-state index contributed by atoms with van der Waals surface area (Å²) in [6.45, 7) is 0. The quantitative estimate of drug-likeness (QED) is 0.345. The first-order chi connectivity index (χ1) is 12.8. The lowest BCUT2D eigenvalue weighted by atomic mass is 10.0. The number of benzene rings is 3. The zero-order valence-electron chi connectivity index (χ0n) is 13.7. The van der Waals surface area contributed by atoms with Crippen molar-refractivity contribution < 1.29 is 4.42 Å². The number of hydrogen-bond acceptors (Lipinski definition) is 3. The Kier molecular flexibility index (Phi) is 3.47. The minimum atomic E-state index is 0.235. The minimum absolute atomic E-state index is 0.235. The highest BCUT2D eigenvalue weighted by Crippen LogP contribution is 2.33. The van der Waals surface area contributed by atoms with E-state index in [4.69, 9.17) is 16.0 Å². The van der Waals surface area contributed by atoms with Crippen LogP contribution in [-0.2, 0) is 0 Å². The number of nitrogens with zero attached hydrogens (tertiary/aromatic N) is 2. The van der Waals surface area contributed by atoms with Gasteiger partial charge in [-0.05, 0) is 41.9 Å². The van der Waals surface area contributed by atoms with Gasteiger partial charge in [-0.15, -0.1) is 0 Å². The van der Waals surface area contributed by atoms with E-state index in [9.17, 15) is 0 Å². The average Bonchev–Trinajstić information content (AvgIpc) is 3.06. The lowest BCUT2D eigenvalue weighted by Crippen LogP contribution is -1.91. The van der Waals surface area contributed by atoms with Crippen LogP contribution in [0.25, 0.3) is 44.5 Å². The van der Waals surface area contributed by atoms with Crippen molar-refractivity contribution in [2.45, 2.75) is 0 Å². The van der Waals surface area contributed by atoms with Gasteiger partial charge in [-0.2, -0.15) is 0 Å². The summed E-state index contributed by atoms with van der Waals surface area (Å²) in [7, 11) is 0. The van der Waals surface area contributed by atoms with Crippen molar-refractivity contribution in [2.75, 3.05) is 0 Å². The predicted octanol–water partition coefficient (Wildman–Crippen LogP) is 6.36. The molecule has 2 aromatic heterocycles. The molecule has 0 radical (unpaired) electrons. The summed E-state index contributed by atoms with van der Waals surface area (Å²) in [6, 6.07) is 26.0. The van der Waals surface area contributed by atoms with Crippen molar-refractivity contribution in [3.8, 4) is 22.5 Å². The molecule has 3 aromatic carbocycles. The molecule has 0 unspecified atom stereocenters. The third kappa shape index (κ3) is 2.54. The molecule has 5 aromatic rings. The largest absolute Gasteiger partial charge is 0.456 e.